The predicted molar refractivity (Wildman–Crippen MR) is 137 cm³/mol. The minimum absolute atomic E-state index is 0.0306. The summed E-state index contributed by atoms with van der Waals surface area (Å²) in [5.74, 6) is -2.22. The standard InChI is InChI=1S/C26H25F2N7O4/c1-32-4-5-34(26(32)38)20-12-17(33-6-8-39-9-7-33)14-35-24(20)31-21(22(36)25(35)37)23-29-13-16(30-23)10-15-2-3-18(27)19(28)11-15/h2-3,11-14,36H,4-10H2,1H3,(H,29,30)/p+1. The van der Waals surface area contributed by atoms with Crippen LogP contribution in [0.25, 0.3) is 17.2 Å². The highest BCUT2D eigenvalue weighted by Crippen LogP contribution is 2.31. The molecule has 2 saturated heterocycles. The van der Waals surface area contributed by atoms with E-state index in [1.165, 1.54) is 10.5 Å². The Morgan fingerprint density at radius 2 is 1.90 bits per heavy atom. The molecular weight excluding hydrogens is 512 g/mol. The monoisotopic (exact) mass is 538 g/mol. The molecule has 0 aliphatic carbocycles. The van der Waals surface area contributed by atoms with Crippen molar-refractivity contribution in [2.75, 3.05) is 56.2 Å². The smallest absolute Gasteiger partial charge is 0.324 e. The average molecular weight is 539 g/mol. The topological polar surface area (TPSA) is 121 Å². The number of carbonyl (C=O) groups is 1. The maximum Gasteiger partial charge on any atom is 0.324 e. The van der Waals surface area contributed by atoms with E-state index in [-0.39, 0.29) is 29.6 Å². The minimum atomic E-state index is -0.948. The van der Waals surface area contributed by atoms with E-state index in [4.69, 9.17) is 4.74 Å². The van der Waals surface area contributed by atoms with E-state index in [9.17, 15) is 23.5 Å². The lowest BCUT2D eigenvalue weighted by Crippen LogP contribution is -2.37. The molecule has 202 valence electrons. The third kappa shape index (κ3) is 4.44. The van der Waals surface area contributed by atoms with Crippen molar-refractivity contribution in [1.29, 1.82) is 0 Å². The number of nitrogens with one attached hydrogen (secondary N) is 2. The summed E-state index contributed by atoms with van der Waals surface area (Å²) in [5.41, 5.74) is 1.75. The maximum absolute atomic E-state index is 13.6. The normalized spacial score (nSPS) is 16.1. The van der Waals surface area contributed by atoms with Crippen LogP contribution >= 0.6 is 0 Å². The van der Waals surface area contributed by atoms with Crippen molar-refractivity contribution in [2.24, 2.45) is 0 Å². The SMILES string of the molecule is CN1CCN(c2cc(N3CCOCC3)cn3c(=O)c(O)c(-c4[nH]c(Cc5ccc(F)c(F)c5)c[nH+]4)nc23)C1=O. The second-order valence-corrected chi connectivity index (χ2v) is 9.59. The number of halogens is 2. The quantitative estimate of drug-likeness (QED) is 0.400. The Hall–Kier alpha value is -4.52. The Balaban J connectivity index is 1.45. The number of aromatic amines is 2. The van der Waals surface area contributed by atoms with E-state index in [2.05, 4.69) is 19.9 Å². The molecule has 3 N–H and O–H groups in total. The zero-order chi connectivity index (χ0) is 27.3. The number of amides is 2. The van der Waals surface area contributed by atoms with Crippen LogP contribution in [-0.4, -0.2) is 76.8 Å². The van der Waals surface area contributed by atoms with E-state index >= 15 is 0 Å². The first-order valence-electron chi connectivity index (χ1n) is 12.5. The molecule has 0 atom stereocenters. The van der Waals surface area contributed by atoms with Gasteiger partial charge in [0, 0.05) is 45.8 Å². The Morgan fingerprint density at radius 3 is 2.62 bits per heavy atom. The van der Waals surface area contributed by atoms with Crippen LogP contribution in [0.15, 0.2) is 41.5 Å². The number of fused-ring (bicyclic) bond motifs is 1. The van der Waals surface area contributed by atoms with Gasteiger partial charge in [0.05, 0.1) is 24.6 Å². The van der Waals surface area contributed by atoms with Gasteiger partial charge in [-0.15, -0.1) is 0 Å². The summed E-state index contributed by atoms with van der Waals surface area (Å²) >= 11 is 0. The number of H-pyrrole nitrogens is 2. The number of hydrogen-bond acceptors (Lipinski definition) is 6. The second-order valence-electron chi connectivity index (χ2n) is 9.59. The minimum Gasteiger partial charge on any atom is -0.501 e. The van der Waals surface area contributed by atoms with Crippen LogP contribution in [0.5, 0.6) is 5.75 Å². The summed E-state index contributed by atoms with van der Waals surface area (Å²) in [7, 11) is 1.70. The molecule has 0 radical (unpaired) electrons. The number of ether oxygens (including phenoxy) is 1. The highest BCUT2D eigenvalue weighted by molar-refractivity contribution is 5.98. The number of pyridine rings is 1. The lowest BCUT2D eigenvalue weighted by atomic mass is 10.1. The van der Waals surface area contributed by atoms with Crippen LogP contribution in [0.3, 0.4) is 0 Å². The van der Waals surface area contributed by atoms with Crippen LogP contribution in [-0.2, 0) is 11.2 Å². The number of aromatic hydroxyl groups is 1. The molecule has 0 bridgehead atoms. The second kappa shape index (κ2) is 9.66. The van der Waals surface area contributed by atoms with Crippen molar-refractivity contribution in [2.45, 2.75) is 6.42 Å². The molecule has 6 rings (SSSR count). The Morgan fingerprint density at radius 1 is 1.10 bits per heavy atom. The molecule has 5 heterocycles. The first kappa shape index (κ1) is 24.8. The Labute approximate surface area is 220 Å². The third-order valence-corrected chi connectivity index (χ3v) is 7.04. The lowest BCUT2D eigenvalue weighted by molar-refractivity contribution is -0.362. The number of carbonyl (C=O) groups excluding carboxylic acids is 1. The zero-order valence-corrected chi connectivity index (χ0v) is 21.1. The number of rotatable bonds is 5. The van der Waals surface area contributed by atoms with Crippen molar-refractivity contribution in [3.05, 3.63) is 69.9 Å². The number of benzene rings is 1. The molecule has 13 heteroatoms. The van der Waals surface area contributed by atoms with Gasteiger partial charge in [-0.1, -0.05) is 6.07 Å². The van der Waals surface area contributed by atoms with Gasteiger partial charge in [-0.25, -0.2) is 28.5 Å². The lowest BCUT2D eigenvalue weighted by Gasteiger charge is -2.30. The summed E-state index contributed by atoms with van der Waals surface area (Å²) in [6, 6.07) is 5.24. The van der Waals surface area contributed by atoms with Crippen molar-refractivity contribution in [3.8, 4) is 17.3 Å². The highest BCUT2D eigenvalue weighted by Gasteiger charge is 2.31. The predicted octanol–water partition coefficient (Wildman–Crippen LogP) is 1.79. The fourth-order valence-electron chi connectivity index (χ4n) is 4.92. The van der Waals surface area contributed by atoms with Crippen molar-refractivity contribution in [3.63, 3.8) is 0 Å². The number of imidazole rings is 1. The molecule has 0 spiro atoms. The zero-order valence-electron chi connectivity index (χ0n) is 21.1. The van der Waals surface area contributed by atoms with E-state index < -0.39 is 22.9 Å². The molecular formula is C26H26F2N7O4+. The van der Waals surface area contributed by atoms with Gasteiger partial charge in [0.25, 0.3) is 0 Å². The fourth-order valence-corrected chi connectivity index (χ4v) is 4.92. The van der Waals surface area contributed by atoms with Crippen LogP contribution in [0.1, 0.15) is 11.3 Å². The Kier molecular flexibility index (Phi) is 6.14. The average Bonchev–Trinajstić information content (AvgIpc) is 3.54. The van der Waals surface area contributed by atoms with E-state index in [1.54, 1.807) is 29.2 Å². The highest BCUT2D eigenvalue weighted by atomic mass is 19.2. The number of urea groups is 1. The Bertz CT molecular complexity index is 1650. The number of anilines is 2. The van der Waals surface area contributed by atoms with Crippen LogP contribution < -0.4 is 20.3 Å². The molecule has 3 aromatic heterocycles. The molecule has 2 aliphatic heterocycles. The number of nitrogens with zero attached hydrogens (tertiary/aromatic N) is 5. The summed E-state index contributed by atoms with van der Waals surface area (Å²) in [6.45, 7) is 3.22. The van der Waals surface area contributed by atoms with Gasteiger partial charge in [0.2, 0.25) is 11.4 Å². The van der Waals surface area contributed by atoms with Gasteiger partial charge < -0.3 is 19.6 Å². The van der Waals surface area contributed by atoms with E-state index in [0.717, 1.165) is 12.1 Å². The maximum atomic E-state index is 13.6. The van der Waals surface area contributed by atoms with Crippen molar-refractivity contribution in [1.82, 2.24) is 19.3 Å². The first-order chi connectivity index (χ1) is 18.8. The van der Waals surface area contributed by atoms with Crippen LogP contribution in [0, 0.1) is 11.6 Å². The van der Waals surface area contributed by atoms with E-state index in [0.29, 0.717) is 62.0 Å². The van der Waals surface area contributed by atoms with Crippen molar-refractivity contribution >= 4 is 23.1 Å². The van der Waals surface area contributed by atoms with Crippen molar-refractivity contribution < 1.29 is 28.4 Å². The molecule has 39 heavy (non-hydrogen) atoms. The first-order valence-corrected chi connectivity index (χ1v) is 12.5. The van der Waals surface area contributed by atoms with Gasteiger partial charge in [-0.2, -0.15) is 0 Å². The van der Waals surface area contributed by atoms with Gasteiger partial charge in [-0.3, -0.25) is 14.1 Å². The summed E-state index contributed by atoms with van der Waals surface area (Å²) in [5, 5.41) is 10.9. The van der Waals surface area contributed by atoms with Gasteiger partial charge in [0.15, 0.2) is 17.3 Å². The third-order valence-electron chi connectivity index (χ3n) is 7.04. The molecule has 2 amide bonds. The summed E-state index contributed by atoms with van der Waals surface area (Å²) < 4.78 is 33.7. The summed E-state index contributed by atoms with van der Waals surface area (Å²) in [6.07, 6.45) is 3.45. The molecule has 4 aromatic rings. The fraction of sp³-hybridized carbons (Fsp3) is 0.308. The van der Waals surface area contributed by atoms with Crippen LogP contribution in [0.4, 0.5) is 25.0 Å². The molecule has 11 nitrogen and oxygen atoms in total. The number of morpholine rings is 1. The number of hydrogen-bond donors (Lipinski definition) is 2. The summed E-state index contributed by atoms with van der Waals surface area (Å²) in [4.78, 5) is 42.3. The van der Waals surface area contributed by atoms with Gasteiger partial charge >= 0.3 is 17.4 Å². The van der Waals surface area contributed by atoms with E-state index in [1.807, 2.05) is 6.07 Å². The van der Waals surface area contributed by atoms with Crippen LogP contribution in [0.2, 0.25) is 0 Å². The van der Waals surface area contributed by atoms with Gasteiger partial charge in [0.1, 0.15) is 11.9 Å². The molecule has 1 aromatic carbocycles. The largest absolute Gasteiger partial charge is 0.501 e. The molecule has 0 unspecified atom stereocenters. The number of aromatic nitrogens is 4. The van der Waals surface area contributed by atoms with Gasteiger partial charge in [-0.05, 0) is 23.8 Å². The molecule has 0 saturated carbocycles. The number of likely N-dealkylation sites (N-methyl/N-ethyl adjacent to an activating group) is 1. The molecule has 2 aliphatic rings. The molecule has 2 fully saturated rings.